The molecule has 0 aromatic rings. The minimum Gasteiger partial charge on any atom is -0.356 e. The van der Waals surface area contributed by atoms with Crippen molar-refractivity contribution in [1.29, 1.82) is 0 Å². The maximum absolute atomic E-state index is 11.4. The van der Waals surface area contributed by atoms with Crippen LogP contribution < -0.4 is 10.6 Å². The Morgan fingerprint density at radius 2 is 1.18 bits per heavy atom. The number of unbranched alkanes of at least 4 members (excludes halogenated alkanes) is 2. The zero-order valence-electron chi connectivity index (χ0n) is 13.9. The zero-order chi connectivity index (χ0) is 16.5. The van der Waals surface area contributed by atoms with Crippen LogP contribution in [-0.2, 0) is 9.59 Å². The fourth-order valence-corrected chi connectivity index (χ4v) is 1.55. The van der Waals surface area contributed by atoms with E-state index in [-0.39, 0.29) is 11.8 Å². The summed E-state index contributed by atoms with van der Waals surface area (Å²) in [6, 6.07) is 0. The minimum atomic E-state index is 0.0412. The van der Waals surface area contributed by atoms with E-state index >= 15 is 0 Å². The van der Waals surface area contributed by atoms with Gasteiger partial charge in [-0.05, 0) is 24.7 Å². The third kappa shape index (κ3) is 14.5. The lowest BCUT2D eigenvalue weighted by Crippen LogP contribution is -2.23. The van der Waals surface area contributed by atoms with Crippen molar-refractivity contribution in [3.8, 4) is 23.7 Å². The van der Waals surface area contributed by atoms with Crippen LogP contribution in [0.25, 0.3) is 0 Å². The maximum Gasteiger partial charge on any atom is 0.220 e. The van der Waals surface area contributed by atoms with E-state index in [2.05, 4.69) is 48.2 Å². The van der Waals surface area contributed by atoms with Crippen LogP contribution in [0.4, 0.5) is 0 Å². The quantitative estimate of drug-likeness (QED) is 0.481. The molecule has 2 amide bonds. The Balaban J connectivity index is 3.62. The molecule has 0 saturated carbocycles. The highest BCUT2D eigenvalue weighted by molar-refractivity contribution is 5.76. The fraction of sp³-hybridized carbons (Fsp3) is 0.667. The molecule has 0 unspecified atom stereocenters. The number of carbonyl (C=O) groups excluding carboxylic acids is 2. The summed E-state index contributed by atoms with van der Waals surface area (Å²) in [4.78, 5) is 22.8. The van der Waals surface area contributed by atoms with Crippen molar-refractivity contribution in [2.24, 2.45) is 0 Å². The SMILES string of the molecule is CCCCNC(=O)CCC#CC#CCCC(=O)NCCCC. The number of nitrogens with one attached hydrogen (secondary N) is 2. The summed E-state index contributed by atoms with van der Waals surface area (Å²) in [5.74, 6) is 11.2. The van der Waals surface area contributed by atoms with Gasteiger partial charge < -0.3 is 10.6 Å². The molecule has 0 spiro atoms. The molecule has 0 aliphatic heterocycles. The number of amides is 2. The Bertz CT molecular complexity index is 393. The molecule has 0 rings (SSSR count). The summed E-state index contributed by atoms with van der Waals surface area (Å²) in [6.45, 7) is 5.65. The summed E-state index contributed by atoms with van der Waals surface area (Å²) >= 11 is 0. The minimum absolute atomic E-state index is 0.0412. The van der Waals surface area contributed by atoms with Crippen LogP contribution in [0.3, 0.4) is 0 Å². The van der Waals surface area contributed by atoms with Crippen LogP contribution in [-0.4, -0.2) is 24.9 Å². The van der Waals surface area contributed by atoms with Crippen LogP contribution in [0.2, 0.25) is 0 Å². The van der Waals surface area contributed by atoms with E-state index < -0.39 is 0 Å². The normalized spacial score (nSPS) is 9.00. The summed E-state index contributed by atoms with van der Waals surface area (Å²) in [5.41, 5.74) is 0. The highest BCUT2D eigenvalue weighted by atomic mass is 16.2. The highest BCUT2D eigenvalue weighted by Gasteiger charge is 1.98. The molecule has 4 nitrogen and oxygen atoms in total. The van der Waals surface area contributed by atoms with Gasteiger partial charge in [0.2, 0.25) is 11.8 Å². The molecule has 4 heteroatoms. The summed E-state index contributed by atoms with van der Waals surface area (Å²) in [7, 11) is 0. The van der Waals surface area contributed by atoms with E-state index in [1.807, 2.05) is 0 Å². The smallest absolute Gasteiger partial charge is 0.220 e. The maximum atomic E-state index is 11.4. The van der Waals surface area contributed by atoms with E-state index in [0.717, 1.165) is 38.8 Å². The molecule has 0 saturated heterocycles. The molecule has 2 N–H and O–H groups in total. The lowest BCUT2D eigenvalue weighted by Gasteiger charge is -2.01. The van der Waals surface area contributed by atoms with Crippen molar-refractivity contribution in [2.45, 2.75) is 65.2 Å². The second kappa shape index (κ2) is 15.4. The molecule has 0 radical (unpaired) electrons. The van der Waals surface area contributed by atoms with E-state index in [1.165, 1.54) is 0 Å². The highest BCUT2D eigenvalue weighted by Crippen LogP contribution is 1.90. The second-order valence-corrected chi connectivity index (χ2v) is 5.01. The van der Waals surface area contributed by atoms with Crippen molar-refractivity contribution in [1.82, 2.24) is 10.6 Å². The number of carbonyl (C=O) groups is 2. The lowest BCUT2D eigenvalue weighted by atomic mass is 10.2. The Hall–Kier alpha value is -1.94. The molecule has 0 aromatic heterocycles. The standard InChI is InChI=1S/C18H28N2O2/c1-3-5-15-19-17(21)13-11-9-7-8-10-12-14-18(22)20-16-6-4-2/h3-6,11-16H2,1-2H3,(H,19,21)(H,20,22). The molecular formula is C18H28N2O2. The van der Waals surface area contributed by atoms with Gasteiger partial charge in [-0.15, -0.1) is 0 Å². The number of hydrogen-bond acceptors (Lipinski definition) is 2. The molecule has 0 aliphatic carbocycles. The van der Waals surface area contributed by atoms with Crippen molar-refractivity contribution in [3.63, 3.8) is 0 Å². The molecule has 0 heterocycles. The summed E-state index contributed by atoms with van der Waals surface area (Å²) in [5, 5.41) is 5.68. The molecule has 0 fully saturated rings. The van der Waals surface area contributed by atoms with Crippen LogP contribution >= 0.6 is 0 Å². The third-order valence-corrected chi connectivity index (χ3v) is 2.90. The second-order valence-electron chi connectivity index (χ2n) is 5.01. The van der Waals surface area contributed by atoms with Crippen molar-refractivity contribution in [2.75, 3.05) is 13.1 Å². The predicted octanol–water partition coefficient (Wildman–Crippen LogP) is 2.39. The van der Waals surface area contributed by atoms with Crippen molar-refractivity contribution < 1.29 is 9.59 Å². The molecular weight excluding hydrogens is 276 g/mol. The van der Waals surface area contributed by atoms with Gasteiger partial charge in [0.25, 0.3) is 0 Å². The Morgan fingerprint density at radius 3 is 1.55 bits per heavy atom. The first-order chi connectivity index (χ1) is 10.7. The van der Waals surface area contributed by atoms with Crippen molar-refractivity contribution in [3.05, 3.63) is 0 Å². The van der Waals surface area contributed by atoms with Crippen LogP contribution in [0.1, 0.15) is 65.2 Å². The van der Waals surface area contributed by atoms with Gasteiger partial charge in [-0.3, -0.25) is 9.59 Å². The van der Waals surface area contributed by atoms with Gasteiger partial charge in [0, 0.05) is 38.8 Å². The van der Waals surface area contributed by atoms with E-state index in [0.29, 0.717) is 25.7 Å². The number of rotatable bonds is 10. The van der Waals surface area contributed by atoms with E-state index in [9.17, 15) is 9.59 Å². The van der Waals surface area contributed by atoms with E-state index in [1.54, 1.807) is 0 Å². The van der Waals surface area contributed by atoms with Gasteiger partial charge in [-0.25, -0.2) is 0 Å². The topological polar surface area (TPSA) is 58.2 Å². The summed E-state index contributed by atoms with van der Waals surface area (Å²) in [6.07, 6.45) is 6.03. The monoisotopic (exact) mass is 304 g/mol. The predicted molar refractivity (Wildman–Crippen MR) is 89.9 cm³/mol. The average Bonchev–Trinajstić information content (AvgIpc) is 2.50. The van der Waals surface area contributed by atoms with Crippen LogP contribution in [0, 0.1) is 23.7 Å². The van der Waals surface area contributed by atoms with Crippen molar-refractivity contribution >= 4 is 11.8 Å². The summed E-state index contributed by atoms with van der Waals surface area (Å²) < 4.78 is 0. The molecule has 0 aromatic carbocycles. The van der Waals surface area contributed by atoms with E-state index in [4.69, 9.17) is 0 Å². The Labute approximate surface area is 134 Å². The first-order valence-corrected chi connectivity index (χ1v) is 8.19. The van der Waals surface area contributed by atoms with Gasteiger partial charge in [0.1, 0.15) is 0 Å². The van der Waals surface area contributed by atoms with Crippen LogP contribution in [0.15, 0.2) is 0 Å². The average molecular weight is 304 g/mol. The molecule has 22 heavy (non-hydrogen) atoms. The van der Waals surface area contributed by atoms with Gasteiger partial charge in [-0.1, -0.05) is 38.5 Å². The van der Waals surface area contributed by atoms with Gasteiger partial charge in [0.15, 0.2) is 0 Å². The fourth-order valence-electron chi connectivity index (χ4n) is 1.55. The van der Waals surface area contributed by atoms with Gasteiger partial charge in [-0.2, -0.15) is 0 Å². The molecule has 0 bridgehead atoms. The first kappa shape index (κ1) is 20.1. The number of hydrogen-bond donors (Lipinski definition) is 2. The largest absolute Gasteiger partial charge is 0.356 e. The Morgan fingerprint density at radius 1 is 0.773 bits per heavy atom. The third-order valence-electron chi connectivity index (χ3n) is 2.90. The molecule has 0 aliphatic rings. The molecule has 122 valence electrons. The van der Waals surface area contributed by atoms with Gasteiger partial charge >= 0.3 is 0 Å². The zero-order valence-corrected chi connectivity index (χ0v) is 13.9. The molecule has 0 atom stereocenters. The Kier molecular flexibility index (Phi) is 14.1. The lowest BCUT2D eigenvalue weighted by molar-refractivity contribution is -0.121. The first-order valence-electron chi connectivity index (χ1n) is 8.19. The van der Waals surface area contributed by atoms with Crippen LogP contribution in [0.5, 0.6) is 0 Å². The van der Waals surface area contributed by atoms with Gasteiger partial charge in [0.05, 0.1) is 0 Å².